The van der Waals surface area contributed by atoms with E-state index in [0.717, 1.165) is 6.04 Å². The monoisotopic (exact) mass is 187 g/mol. The fraction of sp³-hybridized carbons (Fsp3) is 0.900. The third-order valence-corrected chi connectivity index (χ3v) is 2.25. The smallest absolute Gasteiger partial charge is 0.293 e. The summed E-state index contributed by atoms with van der Waals surface area (Å²) in [5.41, 5.74) is 0. The first-order chi connectivity index (χ1) is 6.35. The number of nitrogens with one attached hydrogen (secondary N) is 1. The summed E-state index contributed by atoms with van der Waals surface area (Å²) in [6.07, 6.45) is 7.13. The molecule has 78 valence electrons. The Labute approximate surface area is 80.8 Å². The Morgan fingerprint density at radius 2 is 2.00 bits per heavy atom. The van der Waals surface area contributed by atoms with Crippen molar-refractivity contribution >= 4 is 6.47 Å². The highest BCUT2D eigenvalue weighted by Crippen LogP contribution is 2.16. The molecule has 0 amide bonds. The maximum Gasteiger partial charge on any atom is 0.293 e. The minimum absolute atomic E-state index is 0.431. The number of hydrogen-bond donors (Lipinski definition) is 1. The normalized spacial score (nSPS) is 17.1. The molecule has 0 spiro atoms. The summed E-state index contributed by atoms with van der Waals surface area (Å²) >= 11 is 0. The average molecular weight is 187 g/mol. The largest absolute Gasteiger partial charge is 0.468 e. The second-order valence-corrected chi connectivity index (χ2v) is 3.18. The molecule has 1 N–H and O–H groups in total. The van der Waals surface area contributed by atoms with E-state index in [1.54, 1.807) is 6.92 Å². The Kier molecular flexibility index (Phi) is 9.10. The molecule has 0 aromatic carbocycles. The second kappa shape index (κ2) is 9.52. The van der Waals surface area contributed by atoms with Crippen molar-refractivity contribution in [2.24, 2.45) is 0 Å². The van der Waals surface area contributed by atoms with E-state index in [1.165, 1.54) is 32.1 Å². The van der Waals surface area contributed by atoms with Gasteiger partial charge < -0.3 is 10.1 Å². The molecule has 1 rings (SSSR count). The molecule has 1 fully saturated rings. The van der Waals surface area contributed by atoms with Gasteiger partial charge in [-0.3, -0.25) is 4.79 Å². The maximum absolute atomic E-state index is 9.18. The molecule has 3 heteroatoms. The van der Waals surface area contributed by atoms with Crippen molar-refractivity contribution in [1.29, 1.82) is 0 Å². The standard InChI is InChI=1S/C7H15N.C3H6O2/c1-8-7-5-3-2-4-6-7;1-2-5-3-4/h7-8H,2-6H2,1H3;3H,2H2,1H3. The van der Waals surface area contributed by atoms with E-state index in [1.807, 2.05) is 0 Å². The minimum atomic E-state index is 0.431. The lowest BCUT2D eigenvalue weighted by molar-refractivity contribution is -0.128. The van der Waals surface area contributed by atoms with Gasteiger partial charge in [-0.1, -0.05) is 19.3 Å². The first-order valence-electron chi connectivity index (χ1n) is 5.07. The van der Waals surface area contributed by atoms with Gasteiger partial charge in [-0.25, -0.2) is 0 Å². The number of hydrogen-bond acceptors (Lipinski definition) is 3. The summed E-state index contributed by atoms with van der Waals surface area (Å²) in [5, 5.41) is 3.30. The third-order valence-electron chi connectivity index (χ3n) is 2.25. The van der Waals surface area contributed by atoms with Gasteiger partial charge in [-0.2, -0.15) is 0 Å². The van der Waals surface area contributed by atoms with Crippen LogP contribution in [0.5, 0.6) is 0 Å². The number of ether oxygens (including phenoxy) is 1. The molecular weight excluding hydrogens is 166 g/mol. The summed E-state index contributed by atoms with van der Waals surface area (Å²) in [4.78, 5) is 9.18. The molecule has 0 aliphatic heterocycles. The van der Waals surface area contributed by atoms with E-state index in [9.17, 15) is 4.79 Å². The van der Waals surface area contributed by atoms with Crippen LogP contribution < -0.4 is 5.32 Å². The topological polar surface area (TPSA) is 38.3 Å². The van der Waals surface area contributed by atoms with Crippen LogP contribution in [0.1, 0.15) is 39.0 Å². The van der Waals surface area contributed by atoms with Crippen LogP contribution in [-0.4, -0.2) is 26.2 Å². The van der Waals surface area contributed by atoms with Crippen LogP contribution in [0, 0.1) is 0 Å². The van der Waals surface area contributed by atoms with Gasteiger partial charge in [0.25, 0.3) is 6.47 Å². The molecule has 0 unspecified atom stereocenters. The van der Waals surface area contributed by atoms with Crippen molar-refractivity contribution < 1.29 is 9.53 Å². The Hall–Kier alpha value is -0.570. The van der Waals surface area contributed by atoms with Crippen LogP contribution in [-0.2, 0) is 9.53 Å². The number of carbonyl (C=O) groups excluding carboxylic acids is 1. The summed E-state index contributed by atoms with van der Waals surface area (Å²) in [7, 11) is 2.07. The fourth-order valence-corrected chi connectivity index (χ4v) is 1.46. The van der Waals surface area contributed by atoms with Crippen LogP contribution in [0.2, 0.25) is 0 Å². The molecule has 0 saturated heterocycles. The Balaban J connectivity index is 0.000000252. The highest BCUT2D eigenvalue weighted by Gasteiger charge is 2.09. The molecule has 1 aliphatic rings. The first kappa shape index (κ1) is 12.4. The van der Waals surface area contributed by atoms with Gasteiger partial charge in [0.2, 0.25) is 0 Å². The molecule has 0 heterocycles. The number of carbonyl (C=O) groups is 1. The zero-order valence-electron chi connectivity index (χ0n) is 8.71. The van der Waals surface area contributed by atoms with E-state index in [4.69, 9.17) is 0 Å². The van der Waals surface area contributed by atoms with Crippen molar-refractivity contribution in [3.8, 4) is 0 Å². The minimum Gasteiger partial charge on any atom is -0.468 e. The van der Waals surface area contributed by atoms with Gasteiger partial charge in [-0.15, -0.1) is 0 Å². The Morgan fingerprint density at radius 1 is 1.38 bits per heavy atom. The lowest BCUT2D eigenvalue weighted by Crippen LogP contribution is -2.26. The summed E-state index contributed by atoms with van der Waals surface area (Å²) in [6, 6.07) is 0.837. The van der Waals surface area contributed by atoms with Gasteiger partial charge in [0.05, 0.1) is 6.61 Å². The van der Waals surface area contributed by atoms with Crippen molar-refractivity contribution in [2.75, 3.05) is 13.7 Å². The fourth-order valence-electron chi connectivity index (χ4n) is 1.46. The van der Waals surface area contributed by atoms with Crippen molar-refractivity contribution in [2.45, 2.75) is 45.1 Å². The lowest BCUT2D eigenvalue weighted by Gasteiger charge is -2.20. The van der Waals surface area contributed by atoms with Crippen molar-refractivity contribution in [3.05, 3.63) is 0 Å². The van der Waals surface area contributed by atoms with Gasteiger partial charge in [0.15, 0.2) is 0 Å². The van der Waals surface area contributed by atoms with E-state index >= 15 is 0 Å². The highest BCUT2D eigenvalue weighted by molar-refractivity contribution is 5.36. The second-order valence-electron chi connectivity index (χ2n) is 3.18. The predicted molar refractivity (Wildman–Crippen MR) is 53.6 cm³/mol. The molecule has 0 radical (unpaired) electrons. The third kappa shape index (κ3) is 7.78. The van der Waals surface area contributed by atoms with Crippen LogP contribution in [0.25, 0.3) is 0 Å². The molecule has 1 aliphatic carbocycles. The molecule has 0 aromatic rings. The van der Waals surface area contributed by atoms with Crippen molar-refractivity contribution in [1.82, 2.24) is 5.32 Å². The van der Waals surface area contributed by atoms with Crippen molar-refractivity contribution in [3.63, 3.8) is 0 Å². The molecule has 1 saturated carbocycles. The van der Waals surface area contributed by atoms with Crippen LogP contribution in [0.4, 0.5) is 0 Å². The van der Waals surface area contributed by atoms with E-state index < -0.39 is 0 Å². The molecule has 0 aromatic heterocycles. The van der Waals surface area contributed by atoms with Gasteiger partial charge in [0, 0.05) is 6.04 Å². The zero-order chi connectivity index (χ0) is 9.94. The lowest BCUT2D eigenvalue weighted by atomic mass is 9.96. The quantitative estimate of drug-likeness (QED) is 0.684. The summed E-state index contributed by atoms with van der Waals surface area (Å²) in [6.45, 7) is 2.66. The Morgan fingerprint density at radius 3 is 2.23 bits per heavy atom. The number of rotatable bonds is 3. The van der Waals surface area contributed by atoms with Crippen LogP contribution >= 0.6 is 0 Å². The maximum atomic E-state index is 9.18. The SMILES string of the molecule is CCOC=O.CNC1CCCCC1. The molecular formula is C10H21NO2. The summed E-state index contributed by atoms with van der Waals surface area (Å²) in [5.74, 6) is 0. The van der Waals surface area contributed by atoms with Crippen LogP contribution in [0.3, 0.4) is 0 Å². The first-order valence-corrected chi connectivity index (χ1v) is 5.07. The van der Waals surface area contributed by atoms with E-state index in [-0.39, 0.29) is 0 Å². The summed E-state index contributed by atoms with van der Waals surface area (Å²) < 4.78 is 4.15. The predicted octanol–water partition coefficient (Wildman–Crippen LogP) is 1.72. The highest BCUT2D eigenvalue weighted by atomic mass is 16.5. The van der Waals surface area contributed by atoms with Crippen LogP contribution in [0.15, 0.2) is 0 Å². The van der Waals surface area contributed by atoms with Gasteiger partial charge >= 0.3 is 0 Å². The zero-order valence-corrected chi connectivity index (χ0v) is 8.71. The molecule has 3 nitrogen and oxygen atoms in total. The van der Waals surface area contributed by atoms with E-state index in [2.05, 4.69) is 17.1 Å². The molecule has 0 atom stereocenters. The Bertz CT molecular complexity index is 111. The molecule has 0 bridgehead atoms. The van der Waals surface area contributed by atoms with E-state index in [0.29, 0.717) is 13.1 Å². The van der Waals surface area contributed by atoms with Gasteiger partial charge in [-0.05, 0) is 26.8 Å². The van der Waals surface area contributed by atoms with Gasteiger partial charge in [0.1, 0.15) is 0 Å². The molecule has 13 heavy (non-hydrogen) atoms. The average Bonchev–Trinajstić information content (AvgIpc) is 2.21.